The van der Waals surface area contributed by atoms with Crippen molar-refractivity contribution in [1.29, 1.82) is 0 Å². The predicted molar refractivity (Wildman–Crippen MR) is 117 cm³/mol. The largest absolute Gasteiger partial charge is 0.489 e. The van der Waals surface area contributed by atoms with Crippen molar-refractivity contribution in [2.24, 2.45) is 0 Å². The van der Waals surface area contributed by atoms with Gasteiger partial charge in [-0.1, -0.05) is 36.6 Å². The highest BCUT2D eigenvalue weighted by molar-refractivity contribution is 7.89. The zero-order valence-electron chi connectivity index (χ0n) is 16.9. The van der Waals surface area contributed by atoms with Crippen LogP contribution in [-0.2, 0) is 14.8 Å². The third-order valence-electron chi connectivity index (χ3n) is 5.74. The van der Waals surface area contributed by atoms with Crippen LogP contribution in [0.4, 0.5) is 5.69 Å². The highest BCUT2D eigenvalue weighted by Crippen LogP contribution is 2.38. The van der Waals surface area contributed by atoms with Gasteiger partial charge < -0.3 is 9.64 Å². The number of rotatable bonds is 3. The van der Waals surface area contributed by atoms with E-state index in [2.05, 4.69) is 0 Å². The summed E-state index contributed by atoms with van der Waals surface area (Å²) in [6.07, 6.45) is 3.56. The first-order chi connectivity index (χ1) is 14.4. The minimum Gasteiger partial charge on any atom is -0.489 e. The Hall–Kier alpha value is -2.09. The van der Waals surface area contributed by atoms with E-state index in [1.54, 1.807) is 39.5 Å². The van der Waals surface area contributed by atoms with E-state index in [0.717, 1.165) is 31.2 Å². The molecule has 160 valence electrons. The molecule has 1 saturated heterocycles. The Kier molecular flexibility index (Phi) is 6.04. The number of hydrogen-bond donors (Lipinski definition) is 0. The van der Waals surface area contributed by atoms with Crippen LogP contribution in [-0.4, -0.2) is 38.3 Å². The first-order valence-corrected chi connectivity index (χ1v) is 12.0. The van der Waals surface area contributed by atoms with E-state index in [-0.39, 0.29) is 16.8 Å². The Balaban J connectivity index is 1.72. The lowest BCUT2D eigenvalue weighted by atomic mass is 10.0. The standard InChI is InChI=1S/C22H25ClN2O4S/c1-16(26)24-13-14-29-22-15-19(10-11-21(22)24)30(27,28)25-12-4-2-3-5-20(25)17-6-8-18(23)9-7-17/h6-11,15,20H,2-5,12-14H2,1H3. The molecule has 0 saturated carbocycles. The van der Waals surface area contributed by atoms with E-state index < -0.39 is 10.0 Å². The van der Waals surface area contributed by atoms with Crippen molar-refractivity contribution in [3.8, 4) is 5.75 Å². The first kappa shape index (κ1) is 21.2. The molecule has 0 spiro atoms. The Morgan fingerprint density at radius 3 is 2.57 bits per heavy atom. The minimum absolute atomic E-state index is 0.0922. The normalized spacial score (nSPS) is 20.2. The fourth-order valence-corrected chi connectivity index (χ4v) is 6.04. The quantitative estimate of drug-likeness (QED) is 0.698. The van der Waals surface area contributed by atoms with Crippen LogP contribution in [0.3, 0.4) is 0 Å². The molecule has 2 aromatic rings. The van der Waals surface area contributed by atoms with Gasteiger partial charge in [0.15, 0.2) is 0 Å². The van der Waals surface area contributed by atoms with E-state index in [0.29, 0.717) is 36.2 Å². The maximum absolute atomic E-state index is 13.7. The van der Waals surface area contributed by atoms with Crippen molar-refractivity contribution in [3.63, 3.8) is 0 Å². The van der Waals surface area contributed by atoms with Gasteiger partial charge in [0.25, 0.3) is 0 Å². The smallest absolute Gasteiger partial charge is 0.243 e. The molecule has 1 unspecified atom stereocenters. The first-order valence-electron chi connectivity index (χ1n) is 10.2. The molecule has 0 bridgehead atoms. The molecule has 2 aliphatic rings. The molecule has 4 rings (SSSR count). The molecule has 1 atom stereocenters. The topological polar surface area (TPSA) is 66.9 Å². The maximum atomic E-state index is 13.7. The van der Waals surface area contributed by atoms with Gasteiger partial charge in [0, 0.05) is 24.6 Å². The summed E-state index contributed by atoms with van der Waals surface area (Å²) in [6.45, 7) is 2.76. The average Bonchev–Trinajstić information content (AvgIpc) is 3.00. The number of hydrogen-bond acceptors (Lipinski definition) is 4. The fraction of sp³-hybridized carbons (Fsp3) is 0.409. The number of benzene rings is 2. The number of anilines is 1. The molecule has 0 aliphatic carbocycles. The van der Waals surface area contributed by atoms with Gasteiger partial charge in [0.2, 0.25) is 15.9 Å². The lowest BCUT2D eigenvalue weighted by Crippen LogP contribution is -2.37. The number of halogens is 1. The van der Waals surface area contributed by atoms with Crippen LogP contribution in [0.25, 0.3) is 0 Å². The molecule has 2 heterocycles. The van der Waals surface area contributed by atoms with Gasteiger partial charge in [-0.25, -0.2) is 8.42 Å². The lowest BCUT2D eigenvalue weighted by Gasteiger charge is -2.31. The molecule has 30 heavy (non-hydrogen) atoms. The van der Waals surface area contributed by atoms with Gasteiger partial charge in [-0.15, -0.1) is 0 Å². The summed E-state index contributed by atoms with van der Waals surface area (Å²) in [5.74, 6) is 0.334. The molecule has 0 aromatic heterocycles. The number of carbonyl (C=O) groups excluding carboxylic acids is 1. The van der Waals surface area contributed by atoms with E-state index in [1.165, 1.54) is 6.92 Å². The van der Waals surface area contributed by atoms with Crippen molar-refractivity contribution in [2.75, 3.05) is 24.6 Å². The Labute approximate surface area is 182 Å². The number of fused-ring (bicyclic) bond motifs is 1. The van der Waals surface area contributed by atoms with Crippen molar-refractivity contribution >= 4 is 33.2 Å². The van der Waals surface area contributed by atoms with E-state index in [1.807, 2.05) is 12.1 Å². The monoisotopic (exact) mass is 448 g/mol. The second-order valence-electron chi connectivity index (χ2n) is 7.68. The summed E-state index contributed by atoms with van der Waals surface area (Å²) in [5.41, 5.74) is 1.56. The van der Waals surface area contributed by atoms with Crippen LogP contribution in [0.1, 0.15) is 44.2 Å². The Morgan fingerprint density at radius 1 is 1.07 bits per heavy atom. The lowest BCUT2D eigenvalue weighted by molar-refractivity contribution is -0.116. The highest BCUT2D eigenvalue weighted by atomic mass is 35.5. The molecule has 2 aromatic carbocycles. The molecule has 1 amide bonds. The zero-order chi connectivity index (χ0) is 21.3. The number of amides is 1. The van der Waals surface area contributed by atoms with Crippen molar-refractivity contribution in [1.82, 2.24) is 4.31 Å². The molecule has 0 N–H and O–H groups in total. The van der Waals surface area contributed by atoms with E-state index >= 15 is 0 Å². The Morgan fingerprint density at radius 2 is 1.83 bits per heavy atom. The van der Waals surface area contributed by atoms with E-state index in [4.69, 9.17) is 16.3 Å². The second kappa shape index (κ2) is 8.57. The van der Waals surface area contributed by atoms with Crippen molar-refractivity contribution in [3.05, 3.63) is 53.1 Å². The van der Waals surface area contributed by atoms with Crippen LogP contribution in [0.2, 0.25) is 5.02 Å². The summed E-state index contributed by atoms with van der Waals surface area (Å²) >= 11 is 6.03. The zero-order valence-corrected chi connectivity index (χ0v) is 18.5. The van der Waals surface area contributed by atoms with Gasteiger partial charge in [-0.2, -0.15) is 4.31 Å². The van der Waals surface area contributed by atoms with Gasteiger partial charge in [-0.05, 0) is 42.7 Å². The van der Waals surface area contributed by atoms with Gasteiger partial charge in [-0.3, -0.25) is 4.79 Å². The summed E-state index contributed by atoms with van der Waals surface area (Å²) < 4.78 is 34.6. The fourth-order valence-electron chi connectivity index (χ4n) is 4.21. The molecule has 0 radical (unpaired) electrons. The van der Waals surface area contributed by atoms with Crippen LogP contribution in [0.15, 0.2) is 47.4 Å². The van der Waals surface area contributed by atoms with Crippen molar-refractivity contribution in [2.45, 2.75) is 43.5 Å². The number of carbonyl (C=O) groups is 1. The van der Waals surface area contributed by atoms with Crippen LogP contribution in [0, 0.1) is 0 Å². The maximum Gasteiger partial charge on any atom is 0.243 e. The Bertz CT molecular complexity index is 1040. The molecule has 6 nitrogen and oxygen atoms in total. The molecule has 8 heteroatoms. The molecular formula is C22H25ClN2O4S. The minimum atomic E-state index is -3.75. The highest BCUT2D eigenvalue weighted by Gasteiger charge is 2.34. The van der Waals surface area contributed by atoms with E-state index in [9.17, 15) is 13.2 Å². The SMILES string of the molecule is CC(=O)N1CCOc2cc(S(=O)(=O)N3CCCCCC3c3ccc(Cl)cc3)ccc21. The summed E-state index contributed by atoms with van der Waals surface area (Å²) in [7, 11) is -3.75. The number of nitrogens with zero attached hydrogens (tertiary/aromatic N) is 2. The third-order valence-corrected chi connectivity index (χ3v) is 7.90. The van der Waals surface area contributed by atoms with Gasteiger partial charge >= 0.3 is 0 Å². The van der Waals surface area contributed by atoms with Crippen LogP contribution in [0.5, 0.6) is 5.75 Å². The third kappa shape index (κ3) is 4.06. The average molecular weight is 449 g/mol. The molecule has 2 aliphatic heterocycles. The summed E-state index contributed by atoms with van der Waals surface area (Å²) in [4.78, 5) is 13.7. The number of ether oxygens (including phenoxy) is 1. The summed E-state index contributed by atoms with van der Waals surface area (Å²) in [6, 6.07) is 12.0. The molecular weight excluding hydrogens is 424 g/mol. The van der Waals surface area contributed by atoms with Gasteiger partial charge in [0.05, 0.1) is 23.2 Å². The second-order valence-corrected chi connectivity index (χ2v) is 10.0. The predicted octanol–water partition coefficient (Wildman–Crippen LogP) is 4.39. The number of sulfonamides is 1. The van der Waals surface area contributed by atoms with Crippen LogP contribution < -0.4 is 9.64 Å². The summed E-state index contributed by atoms with van der Waals surface area (Å²) in [5, 5.41) is 0.628. The van der Waals surface area contributed by atoms with Crippen molar-refractivity contribution < 1.29 is 17.9 Å². The van der Waals surface area contributed by atoms with Crippen LogP contribution >= 0.6 is 11.6 Å². The van der Waals surface area contributed by atoms with Gasteiger partial charge in [0.1, 0.15) is 12.4 Å². The molecule has 1 fully saturated rings.